The van der Waals surface area contributed by atoms with Gasteiger partial charge in [0.15, 0.2) is 0 Å². The van der Waals surface area contributed by atoms with Crippen molar-refractivity contribution in [1.82, 2.24) is 0 Å². The van der Waals surface area contributed by atoms with Crippen LogP contribution in [0.5, 0.6) is 5.75 Å². The van der Waals surface area contributed by atoms with E-state index in [0.717, 1.165) is 5.69 Å². The summed E-state index contributed by atoms with van der Waals surface area (Å²) in [6.45, 7) is 3.19. The van der Waals surface area contributed by atoms with Crippen molar-refractivity contribution < 1.29 is 9.13 Å². The lowest BCUT2D eigenvalue weighted by atomic mass is 10.2. The highest BCUT2D eigenvalue weighted by Crippen LogP contribution is 2.20. The van der Waals surface area contributed by atoms with Crippen molar-refractivity contribution in [2.24, 2.45) is 0 Å². The number of ether oxygens (including phenoxy) is 1. The van der Waals surface area contributed by atoms with E-state index in [1.807, 2.05) is 31.2 Å². The summed E-state index contributed by atoms with van der Waals surface area (Å²) in [6.07, 6.45) is 0. The lowest BCUT2D eigenvalue weighted by molar-refractivity contribution is 0.331. The zero-order valence-electron chi connectivity index (χ0n) is 10.6. The maximum Gasteiger partial charge on any atom is 0.128 e. The quantitative estimate of drug-likeness (QED) is 0.824. The topological polar surface area (TPSA) is 21.3 Å². The molecule has 0 radical (unpaired) electrons. The fraction of sp³-hybridized carbons (Fsp3) is 0.200. The lowest BCUT2D eigenvalue weighted by Crippen LogP contribution is -2.12. The van der Waals surface area contributed by atoms with E-state index in [0.29, 0.717) is 23.4 Å². The van der Waals surface area contributed by atoms with Crippen molar-refractivity contribution in [2.45, 2.75) is 6.92 Å². The predicted octanol–water partition coefficient (Wildman–Crippen LogP) is 4.39. The van der Waals surface area contributed by atoms with Gasteiger partial charge in [-0.25, -0.2) is 4.39 Å². The number of halogens is 2. The van der Waals surface area contributed by atoms with Crippen molar-refractivity contribution in [3.63, 3.8) is 0 Å². The Morgan fingerprint density at radius 3 is 2.74 bits per heavy atom. The van der Waals surface area contributed by atoms with E-state index < -0.39 is 0 Å². The second-order valence-electron chi connectivity index (χ2n) is 4.20. The summed E-state index contributed by atoms with van der Waals surface area (Å²) in [5.74, 6) is 0.217. The van der Waals surface area contributed by atoms with Crippen LogP contribution in [0.2, 0.25) is 0 Å². The van der Waals surface area contributed by atoms with Crippen molar-refractivity contribution >= 4 is 21.6 Å². The molecule has 0 heterocycles. The third kappa shape index (κ3) is 4.24. The number of hydrogen-bond donors (Lipinski definition) is 1. The monoisotopic (exact) mass is 323 g/mol. The second kappa shape index (κ2) is 6.57. The van der Waals surface area contributed by atoms with Crippen LogP contribution in [0.4, 0.5) is 10.1 Å². The third-order valence-corrected chi connectivity index (χ3v) is 3.13. The number of hydrogen-bond acceptors (Lipinski definition) is 2. The zero-order chi connectivity index (χ0) is 13.7. The Kier molecular flexibility index (Phi) is 4.80. The minimum atomic E-state index is -0.309. The molecule has 2 aromatic carbocycles. The predicted molar refractivity (Wildman–Crippen MR) is 79.3 cm³/mol. The summed E-state index contributed by atoms with van der Waals surface area (Å²) < 4.78 is 19.3. The van der Waals surface area contributed by atoms with Gasteiger partial charge in [0, 0.05) is 22.8 Å². The van der Waals surface area contributed by atoms with Crippen LogP contribution in [0.1, 0.15) is 5.56 Å². The maximum absolute atomic E-state index is 13.1. The minimum Gasteiger partial charge on any atom is -0.492 e. The molecule has 0 spiro atoms. The molecule has 4 heteroatoms. The first kappa shape index (κ1) is 13.9. The first-order valence-electron chi connectivity index (χ1n) is 6.03. The van der Waals surface area contributed by atoms with Gasteiger partial charge in [-0.2, -0.15) is 0 Å². The Morgan fingerprint density at radius 2 is 2.00 bits per heavy atom. The van der Waals surface area contributed by atoms with Crippen molar-refractivity contribution in [2.75, 3.05) is 18.5 Å². The van der Waals surface area contributed by atoms with Gasteiger partial charge in [-0.15, -0.1) is 0 Å². The number of anilines is 1. The largest absolute Gasteiger partial charge is 0.492 e. The molecule has 0 saturated heterocycles. The molecule has 19 heavy (non-hydrogen) atoms. The molecule has 100 valence electrons. The van der Waals surface area contributed by atoms with Gasteiger partial charge in [0.2, 0.25) is 0 Å². The number of aryl methyl sites for hydroxylation is 1. The average molecular weight is 324 g/mol. The summed E-state index contributed by atoms with van der Waals surface area (Å²) in [7, 11) is 0. The fourth-order valence-corrected chi connectivity index (χ4v) is 2.18. The normalized spacial score (nSPS) is 10.3. The average Bonchev–Trinajstić information content (AvgIpc) is 2.35. The summed E-state index contributed by atoms with van der Waals surface area (Å²) in [5, 5.41) is 3.28. The van der Waals surface area contributed by atoms with Crippen LogP contribution < -0.4 is 10.1 Å². The minimum absolute atomic E-state index is 0.309. The summed E-state index contributed by atoms with van der Waals surface area (Å²) >= 11 is 3.23. The molecule has 0 amide bonds. The summed E-state index contributed by atoms with van der Waals surface area (Å²) in [5.41, 5.74) is 2.28. The van der Waals surface area contributed by atoms with Crippen LogP contribution >= 0.6 is 15.9 Å². The van der Waals surface area contributed by atoms with Gasteiger partial charge >= 0.3 is 0 Å². The van der Waals surface area contributed by atoms with Crippen molar-refractivity contribution in [1.29, 1.82) is 0 Å². The molecule has 1 N–H and O–H groups in total. The molecule has 0 aliphatic rings. The molecular weight excluding hydrogens is 309 g/mol. The van der Waals surface area contributed by atoms with Gasteiger partial charge < -0.3 is 10.1 Å². The molecule has 0 bridgehead atoms. The van der Waals surface area contributed by atoms with E-state index in [1.54, 1.807) is 6.07 Å². The first-order chi connectivity index (χ1) is 9.15. The fourth-order valence-electron chi connectivity index (χ4n) is 1.74. The third-order valence-electron chi connectivity index (χ3n) is 2.67. The zero-order valence-corrected chi connectivity index (χ0v) is 12.2. The standard InChI is InChI=1S/C15H15BrFNO/c1-11-4-2-3-5-15(11)18-6-7-19-14-9-12(16)8-13(17)10-14/h2-5,8-10,18H,6-7H2,1H3. The van der Waals surface area contributed by atoms with E-state index in [-0.39, 0.29) is 5.82 Å². The number of benzene rings is 2. The molecule has 2 nitrogen and oxygen atoms in total. The SMILES string of the molecule is Cc1ccccc1NCCOc1cc(F)cc(Br)c1. The number of rotatable bonds is 5. The number of nitrogens with one attached hydrogen (secondary N) is 1. The summed E-state index contributed by atoms with van der Waals surface area (Å²) in [4.78, 5) is 0. The molecule has 0 fully saturated rings. The van der Waals surface area contributed by atoms with Crippen LogP contribution in [0.3, 0.4) is 0 Å². The van der Waals surface area contributed by atoms with Gasteiger partial charge in [-0.1, -0.05) is 34.1 Å². The van der Waals surface area contributed by atoms with E-state index >= 15 is 0 Å². The lowest BCUT2D eigenvalue weighted by Gasteiger charge is -2.10. The Labute approximate surface area is 120 Å². The Bertz CT molecular complexity index is 539. The summed E-state index contributed by atoms with van der Waals surface area (Å²) in [6, 6.07) is 12.6. The highest BCUT2D eigenvalue weighted by atomic mass is 79.9. The molecule has 0 aliphatic carbocycles. The smallest absolute Gasteiger partial charge is 0.128 e. The van der Waals surface area contributed by atoms with Crippen LogP contribution in [0.25, 0.3) is 0 Å². The molecule has 0 atom stereocenters. The maximum atomic E-state index is 13.1. The van der Waals surface area contributed by atoms with E-state index in [1.165, 1.54) is 17.7 Å². The molecular formula is C15H15BrFNO. The van der Waals surface area contributed by atoms with Crippen molar-refractivity contribution in [3.05, 3.63) is 58.3 Å². The molecule has 0 unspecified atom stereocenters. The second-order valence-corrected chi connectivity index (χ2v) is 5.11. The Morgan fingerprint density at radius 1 is 1.21 bits per heavy atom. The van der Waals surface area contributed by atoms with Gasteiger partial charge in [-0.3, -0.25) is 0 Å². The van der Waals surface area contributed by atoms with Gasteiger partial charge in [0.05, 0.1) is 0 Å². The van der Waals surface area contributed by atoms with Crippen LogP contribution in [-0.2, 0) is 0 Å². The highest BCUT2D eigenvalue weighted by Gasteiger charge is 2.00. The first-order valence-corrected chi connectivity index (χ1v) is 6.83. The Hall–Kier alpha value is -1.55. The molecule has 0 aliphatic heterocycles. The van der Waals surface area contributed by atoms with Crippen molar-refractivity contribution in [3.8, 4) is 5.75 Å². The van der Waals surface area contributed by atoms with Gasteiger partial charge in [-0.05, 0) is 30.7 Å². The Balaban J connectivity index is 1.82. The van der Waals surface area contributed by atoms with Crippen LogP contribution in [0, 0.1) is 12.7 Å². The van der Waals surface area contributed by atoms with E-state index in [9.17, 15) is 4.39 Å². The van der Waals surface area contributed by atoms with Crippen LogP contribution in [-0.4, -0.2) is 13.2 Å². The highest BCUT2D eigenvalue weighted by molar-refractivity contribution is 9.10. The van der Waals surface area contributed by atoms with E-state index in [4.69, 9.17) is 4.74 Å². The molecule has 0 saturated carbocycles. The molecule has 0 aromatic heterocycles. The molecule has 2 rings (SSSR count). The van der Waals surface area contributed by atoms with Gasteiger partial charge in [0.1, 0.15) is 18.2 Å². The van der Waals surface area contributed by atoms with Crippen LogP contribution in [0.15, 0.2) is 46.9 Å². The molecule has 2 aromatic rings. The van der Waals surface area contributed by atoms with E-state index in [2.05, 4.69) is 21.2 Å². The van der Waals surface area contributed by atoms with Gasteiger partial charge in [0.25, 0.3) is 0 Å². The number of para-hydroxylation sites is 1.